The van der Waals surface area contributed by atoms with E-state index in [-0.39, 0.29) is 0 Å². The third-order valence-corrected chi connectivity index (χ3v) is 2.76. The van der Waals surface area contributed by atoms with Crippen LogP contribution in [-0.4, -0.2) is 34.4 Å². The summed E-state index contributed by atoms with van der Waals surface area (Å²) in [7, 11) is 3.54. The van der Waals surface area contributed by atoms with E-state index in [1.807, 2.05) is 25.2 Å². The Hall–Kier alpha value is -1.95. The first kappa shape index (κ1) is 12.5. The number of methoxy groups -OCH3 is 1. The molecule has 1 heterocycles. The van der Waals surface area contributed by atoms with Gasteiger partial charge in [0.25, 0.3) is 0 Å². The summed E-state index contributed by atoms with van der Waals surface area (Å²) in [6, 6.07) is 5.95. The molecule has 0 bridgehead atoms. The Morgan fingerprint density at radius 2 is 2.22 bits per heavy atom. The van der Waals surface area contributed by atoms with Gasteiger partial charge in [0.2, 0.25) is 0 Å². The van der Waals surface area contributed by atoms with E-state index >= 15 is 0 Å². The van der Waals surface area contributed by atoms with Gasteiger partial charge in [-0.3, -0.25) is 0 Å². The third kappa shape index (κ3) is 2.33. The van der Waals surface area contributed by atoms with Crippen LogP contribution in [0.5, 0.6) is 5.75 Å². The molecule has 0 radical (unpaired) electrons. The van der Waals surface area contributed by atoms with Crippen LogP contribution in [0, 0.1) is 0 Å². The summed E-state index contributed by atoms with van der Waals surface area (Å²) in [6.07, 6.45) is 0.903. The zero-order valence-electron chi connectivity index (χ0n) is 10.8. The highest BCUT2D eigenvalue weighted by Crippen LogP contribution is 2.22. The van der Waals surface area contributed by atoms with E-state index in [0.717, 1.165) is 29.2 Å². The van der Waals surface area contributed by atoms with E-state index in [0.29, 0.717) is 6.54 Å². The largest absolute Gasteiger partial charge is 0.496 e. The number of aryl methyl sites for hydroxylation is 1. The van der Waals surface area contributed by atoms with Crippen molar-refractivity contribution in [3.8, 4) is 11.4 Å². The quantitative estimate of drug-likeness (QED) is 0.852. The Bertz CT molecular complexity index is 523. The van der Waals surface area contributed by atoms with Crippen molar-refractivity contribution in [3.63, 3.8) is 0 Å². The fourth-order valence-electron chi connectivity index (χ4n) is 1.85. The first-order chi connectivity index (χ1) is 8.80. The van der Waals surface area contributed by atoms with Crippen LogP contribution in [0.1, 0.15) is 18.3 Å². The molecule has 0 aliphatic rings. The maximum Gasteiger partial charge on any atom is 0.170 e. The molecule has 0 fully saturated rings. The van der Waals surface area contributed by atoms with Crippen molar-refractivity contribution in [2.75, 3.05) is 14.2 Å². The van der Waals surface area contributed by atoms with Crippen LogP contribution >= 0.6 is 0 Å². The molecule has 1 aromatic carbocycles. The van der Waals surface area contributed by atoms with Crippen LogP contribution in [0.15, 0.2) is 18.2 Å². The van der Waals surface area contributed by atoms with Crippen LogP contribution in [0.25, 0.3) is 5.69 Å². The summed E-state index contributed by atoms with van der Waals surface area (Å²) in [4.78, 5) is 0. The average molecular weight is 247 g/mol. The maximum atomic E-state index is 5.31. The van der Waals surface area contributed by atoms with Gasteiger partial charge in [0, 0.05) is 0 Å². The lowest BCUT2D eigenvalue weighted by molar-refractivity contribution is 0.410. The third-order valence-electron chi connectivity index (χ3n) is 2.76. The van der Waals surface area contributed by atoms with Crippen LogP contribution < -0.4 is 10.1 Å². The molecular formula is C12H17N5O. The van der Waals surface area contributed by atoms with Gasteiger partial charge in [0.05, 0.1) is 19.3 Å². The minimum atomic E-state index is 0.625. The molecule has 1 N–H and O–H groups in total. The molecule has 1 aromatic heterocycles. The summed E-state index contributed by atoms with van der Waals surface area (Å²) in [5.74, 6) is 1.68. The molecule has 0 aliphatic heterocycles. The molecule has 6 heteroatoms. The molecule has 0 saturated heterocycles. The van der Waals surface area contributed by atoms with Gasteiger partial charge >= 0.3 is 0 Å². The summed E-state index contributed by atoms with van der Waals surface area (Å²) in [6.45, 7) is 2.72. The van der Waals surface area contributed by atoms with Crippen LogP contribution in [0.2, 0.25) is 0 Å². The first-order valence-corrected chi connectivity index (χ1v) is 5.89. The van der Waals surface area contributed by atoms with Crippen molar-refractivity contribution in [3.05, 3.63) is 29.6 Å². The molecule has 0 saturated carbocycles. The molecule has 0 unspecified atom stereocenters. The lowest BCUT2D eigenvalue weighted by Crippen LogP contribution is -2.12. The van der Waals surface area contributed by atoms with E-state index < -0.39 is 0 Å². The van der Waals surface area contributed by atoms with Gasteiger partial charge in [0.1, 0.15) is 5.75 Å². The maximum absolute atomic E-state index is 5.31. The molecule has 6 nitrogen and oxygen atoms in total. The number of aromatic nitrogens is 4. The number of benzene rings is 1. The molecule has 0 aliphatic carbocycles. The van der Waals surface area contributed by atoms with Gasteiger partial charge in [-0.05, 0) is 47.7 Å². The van der Waals surface area contributed by atoms with Crippen molar-refractivity contribution >= 4 is 0 Å². The van der Waals surface area contributed by atoms with Crippen LogP contribution in [0.3, 0.4) is 0 Å². The van der Waals surface area contributed by atoms with Crippen LogP contribution in [-0.2, 0) is 13.0 Å². The fraction of sp³-hybridized carbons (Fsp3) is 0.417. The molecule has 2 rings (SSSR count). The van der Waals surface area contributed by atoms with Crippen LogP contribution in [0.4, 0.5) is 0 Å². The minimum Gasteiger partial charge on any atom is -0.496 e. The predicted molar refractivity (Wildman–Crippen MR) is 67.8 cm³/mol. The van der Waals surface area contributed by atoms with Gasteiger partial charge in [-0.15, -0.1) is 5.10 Å². The summed E-state index contributed by atoms with van der Waals surface area (Å²) in [5, 5.41) is 14.7. The van der Waals surface area contributed by atoms with Gasteiger partial charge in [-0.2, -0.15) is 4.68 Å². The van der Waals surface area contributed by atoms with E-state index in [1.165, 1.54) is 0 Å². The summed E-state index contributed by atoms with van der Waals surface area (Å²) >= 11 is 0. The number of hydrogen-bond donors (Lipinski definition) is 1. The highest BCUT2D eigenvalue weighted by molar-refractivity contribution is 5.44. The second-order valence-corrected chi connectivity index (χ2v) is 3.89. The summed E-state index contributed by atoms with van der Waals surface area (Å²) in [5.41, 5.74) is 2.09. The molecule has 18 heavy (non-hydrogen) atoms. The Labute approximate surface area is 106 Å². The lowest BCUT2D eigenvalue weighted by atomic mass is 10.1. The molecule has 0 amide bonds. The van der Waals surface area contributed by atoms with Crippen molar-refractivity contribution in [1.82, 2.24) is 25.5 Å². The number of tetrazole rings is 1. The Kier molecular flexibility index (Phi) is 3.88. The highest BCUT2D eigenvalue weighted by atomic mass is 16.5. The van der Waals surface area contributed by atoms with Crippen molar-refractivity contribution in [2.24, 2.45) is 0 Å². The molecule has 2 aromatic rings. The zero-order chi connectivity index (χ0) is 13.0. The Morgan fingerprint density at radius 3 is 2.89 bits per heavy atom. The normalized spacial score (nSPS) is 10.6. The molecule has 0 atom stereocenters. The van der Waals surface area contributed by atoms with Crippen molar-refractivity contribution < 1.29 is 4.74 Å². The molecule has 0 spiro atoms. The predicted octanol–water partition coefficient (Wildman–Crippen LogP) is 0.953. The van der Waals surface area contributed by atoms with E-state index in [9.17, 15) is 0 Å². The zero-order valence-corrected chi connectivity index (χ0v) is 10.8. The van der Waals surface area contributed by atoms with Gasteiger partial charge in [-0.25, -0.2) is 0 Å². The first-order valence-electron chi connectivity index (χ1n) is 5.89. The van der Waals surface area contributed by atoms with Gasteiger partial charge < -0.3 is 10.1 Å². The standard InChI is InChI=1S/C12H17N5O/c1-4-9-7-10(5-6-11(9)18-3)17-12(8-13-2)14-15-16-17/h5-7,13H,4,8H2,1-3H3. The van der Waals surface area contributed by atoms with Gasteiger partial charge in [-0.1, -0.05) is 6.92 Å². The Morgan fingerprint density at radius 1 is 1.39 bits per heavy atom. The molecular weight excluding hydrogens is 230 g/mol. The average Bonchev–Trinajstić information content (AvgIpc) is 2.86. The SMILES string of the molecule is CCc1cc(-n2nnnc2CNC)ccc1OC. The topological polar surface area (TPSA) is 64.9 Å². The van der Waals surface area contributed by atoms with Crippen molar-refractivity contribution in [1.29, 1.82) is 0 Å². The highest BCUT2D eigenvalue weighted by Gasteiger charge is 2.09. The smallest absolute Gasteiger partial charge is 0.170 e. The Balaban J connectivity index is 2.41. The van der Waals surface area contributed by atoms with E-state index in [2.05, 4.69) is 27.8 Å². The lowest BCUT2D eigenvalue weighted by Gasteiger charge is -2.10. The fourth-order valence-corrected chi connectivity index (χ4v) is 1.85. The monoisotopic (exact) mass is 247 g/mol. The number of nitrogens with zero attached hydrogens (tertiary/aromatic N) is 4. The van der Waals surface area contributed by atoms with Crippen molar-refractivity contribution in [2.45, 2.75) is 19.9 Å². The second-order valence-electron chi connectivity index (χ2n) is 3.89. The number of rotatable bonds is 5. The van der Waals surface area contributed by atoms with Gasteiger partial charge in [0.15, 0.2) is 5.82 Å². The number of nitrogens with one attached hydrogen (secondary N) is 1. The molecule has 96 valence electrons. The van der Waals surface area contributed by atoms with E-state index in [4.69, 9.17) is 4.74 Å². The van der Waals surface area contributed by atoms with E-state index in [1.54, 1.807) is 11.8 Å². The minimum absolute atomic E-state index is 0.625. The number of hydrogen-bond acceptors (Lipinski definition) is 5. The number of ether oxygens (including phenoxy) is 1. The summed E-state index contributed by atoms with van der Waals surface area (Å²) < 4.78 is 7.04. The second kappa shape index (κ2) is 5.59.